The second kappa shape index (κ2) is 9.53. The van der Waals surface area contributed by atoms with Crippen molar-refractivity contribution < 1.29 is 23.1 Å². The van der Waals surface area contributed by atoms with E-state index >= 15 is 0 Å². The van der Waals surface area contributed by atoms with Crippen LogP contribution in [0.15, 0.2) is 48.5 Å². The van der Waals surface area contributed by atoms with Gasteiger partial charge in [-0.15, -0.1) is 0 Å². The maximum Gasteiger partial charge on any atom is 0.416 e. The molecule has 2 aliphatic heterocycles. The quantitative estimate of drug-likeness (QED) is 0.645. The standard InChI is InChI=1S/C25H29F3N2O2/c26-25(27,28)21-9-4-18(5-10-21)20-8-13-23(17-29-14-2-1-3-15-29)30(16-20)22-11-6-19(7-12-22)24(31)32/h4-7,9-12,20,23H,1-3,8,13-17H2,(H,31,32)/t20?,23-/m0/s1. The van der Waals surface area contributed by atoms with Crippen LogP contribution < -0.4 is 4.90 Å². The van der Waals surface area contributed by atoms with Crippen LogP contribution in [-0.4, -0.2) is 48.2 Å². The van der Waals surface area contributed by atoms with Gasteiger partial charge in [0.15, 0.2) is 0 Å². The van der Waals surface area contributed by atoms with Crippen LogP contribution >= 0.6 is 0 Å². The second-order valence-corrected chi connectivity index (χ2v) is 8.91. The summed E-state index contributed by atoms with van der Waals surface area (Å²) in [5, 5.41) is 9.22. The lowest BCUT2D eigenvalue weighted by Gasteiger charge is -2.44. The first-order valence-electron chi connectivity index (χ1n) is 11.3. The molecule has 2 aromatic carbocycles. The number of hydrogen-bond donors (Lipinski definition) is 1. The Kier molecular flexibility index (Phi) is 6.74. The van der Waals surface area contributed by atoms with Crippen molar-refractivity contribution in [2.24, 2.45) is 0 Å². The number of carboxylic acid groups (broad SMARTS) is 1. The van der Waals surface area contributed by atoms with E-state index in [0.29, 0.717) is 12.6 Å². The molecule has 7 heteroatoms. The van der Waals surface area contributed by atoms with Gasteiger partial charge in [0, 0.05) is 30.7 Å². The normalized spacial score (nSPS) is 22.7. The van der Waals surface area contributed by atoms with E-state index < -0.39 is 17.7 Å². The lowest BCUT2D eigenvalue weighted by atomic mass is 9.86. The van der Waals surface area contributed by atoms with E-state index in [-0.39, 0.29) is 11.5 Å². The van der Waals surface area contributed by atoms with Gasteiger partial charge >= 0.3 is 12.1 Å². The van der Waals surface area contributed by atoms with Crippen molar-refractivity contribution in [3.63, 3.8) is 0 Å². The number of carbonyl (C=O) groups is 1. The number of likely N-dealkylation sites (tertiary alicyclic amines) is 1. The molecule has 0 spiro atoms. The fraction of sp³-hybridized carbons (Fsp3) is 0.480. The van der Waals surface area contributed by atoms with Crippen molar-refractivity contribution in [3.8, 4) is 0 Å². The van der Waals surface area contributed by atoms with Crippen molar-refractivity contribution in [3.05, 3.63) is 65.2 Å². The zero-order valence-corrected chi connectivity index (χ0v) is 18.0. The minimum atomic E-state index is -4.33. The number of aromatic carboxylic acids is 1. The fourth-order valence-electron chi connectivity index (χ4n) is 4.99. The Morgan fingerprint density at radius 3 is 2.19 bits per heavy atom. The Morgan fingerprint density at radius 1 is 0.938 bits per heavy atom. The number of carboxylic acids is 1. The number of nitrogens with zero attached hydrogens (tertiary/aromatic N) is 2. The number of halogens is 3. The molecule has 4 nitrogen and oxygen atoms in total. The molecule has 1 unspecified atom stereocenters. The zero-order chi connectivity index (χ0) is 22.7. The minimum absolute atomic E-state index is 0.133. The van der Waals surface area contributed by atoms with Gasteiger partial charge in [-0.25, -0.2) is 4.79 Å². The average Bonchev–Trinajstić information content (AvgIpc) is 2.80. The molecular formula is C25H29F3N2O2. The highest BCUT2D eigenvalue weighted by Crippen LogP contribution is 2.36. The summed E-state index contributed by atoms with van der Waals surface area (Å²) >= 11 is 0. The molecule has 0 amide bonds. The molecule has 32 heavy (non-hydrogen) atoms. The Balaban J connectivity index is 1.55. The third-order valence-corrected chi connectivity index (χ3v) is 6.78. The smallest absolute Gasteiger partial charge is 0.416 e. The van der Waals surface area contributed by atoms with Crippen LogP contribution in [0.5, 0.6) is 0 Å². The molecule has 0 bridgehead atoms. The summed E-state index contributed by atoms with van der Waals surface area (Å²) in [7, 11) is 0. The predicted molar refractivity (Wildman–Crippen MR) is 118 cm³/mol. The molecule has 2 aliphatic rings. The van der Waals surface area contributed by atoms with Gasteiger partial charge < -0.3 is 14.9 Å². The van der Waals surface area contributed by atoms with Gasteiger partial charge in [-0.3, -0.25) is 0 Å². The summed E-state index contributed by atoms with van der Waals surface area (Å²) in [5.41, 5.74) is 1.51. The van der Waals surface area contributed by atoms with Crippen molar-refractivity contribution in [2.75, 3.05) is 31.1 Å². The summed E-state index contributed by atoms with van der Waals surface area (Å²) in [6.45, 7) is 3.87. The van der Waals surface area contributed by atoms with E-state index in [1.165, 1.54) is 31.4 Å². The number of benzene rings is 2. The topological polar surface area (TPSA) is 43.8 Å². The Labute approximate surface area is 186 Å². The van der Waals surface area contributed by atoms with Crippen LogP contribution in [0.2, 0.25) is 0 Å². The third kappa shape index (κ3) is 5.26. The van der Waals surface area contributed by atoms with Gasteiger partial charge in [0.2, 0.25) is 0 Å². The summed E-state index contributed by atoms with van der Waals surface area (Å²) in [6.07, 6.45) is 1.25. The molecule has 2 heterocycles. The van der Waals surface area contributed by atoms with Gasteiger partial charge in [0.05, 0.1) is 11.1 Å². The number of rotatable bonds is 5. The van der Waals surface area contributed by atoms with Crippen molar-refractivity contribution >= 4 is 11.7 Å². The van der Waals surface area contributed by atoms with Gasteiger partial charge in [-0.2, -0.15) is 13.2 Å². The SMILES string of the molecule is O=C(O)c1ccc(N2CC(c3ccc(C(F)(F)F)cc3)CC[C@H]2CN2CCCCC2)cc1. The molecule has 0 radical (unpaired) electrons. The monoisotopic (exact) mass is 446 g/mol. The van der Waals surface area contributed by atoms with Crippen molar-refractivity contribution in [2.45, 2.75) is 50.2 Å². The Bertz CT molecular complexity index is 906. The first kappa shape index (κ1) is 22.6. The number of piperidine rings is 2. The molecule has 2 saturated heterocycles. The van der Waals surface area contributed by atoms with Gasteiger partial charge in [0.1, 0.15) is 0 Å². The highest BCUT2D eigenvalue weighted by Gasteiger charge is 2.33. The van der Waals surface area contributed by atoms with E-state index in [4.69, 9.17) is 0 Å². The summed E-state index contributed by atoms with van der Waals surface area (Å²) in [5.74, 6) is -0.822. The van der Waals surface area contributed by atoms with Crippen LogP contribution in [0, 0.1) is 0 Å². The molecule has 0 saturated carbocycles. The summed E-state index contributed by atoms with van der Waals surface area (Å²) in [4.78, 5) is 16.1. The van der Waals surface area contributed by atoms with Gasteiger partial charge in [-0.05, 0) is 80.7 Å². The zero-order valence-electron chi connectivity index (χ0n) is 18.0. The van der Waals surface area contributed by atoms with E-state index in [1.807, 2.05) is 12.1 Å². The van der Waals surface area contributed by atoms with E-state index in [1.54, 1.807) is 24.3 Å². The number of anilines is 1. The van der Waals surface area contributed by atoms with E-state index in [9.17, 15) is 23.1 Å². The molecule has 172 valence electrons. The van der Waals surface area contributed by atoms with E-state index in [2.05, 4.69) is 9.80 Å². The minimum Gasteiger partial charge on any atom is -0.478 e. The average molecular weight is 447 g/mol. The maximum absolute atomic E-state index is 13.0. The second-order valence-electron chi connectivity index (χ2n) is 8.91. The molecule has 2 fully saturated rings. The first-order valence-corrected chi connectivity index (χ1v) is 11.3. The largest absolute Gasteiger partial charge is 0.478 e. The summed E-state index contributed by atoms with van der Waals surface area (Å²) in [6, 6.07) is 12.8. The number of hydrogen-bond acceptors (Lipinski definition) is 3. The van der Waals surface area contributed by atoms with Crippen LogP contribution in [0.3, 0.4) is 0 Å². The maximum atomic E-state index is 13.0. The lowest BCUT2D eigenvalue weighted by Crippen LogP contribution is -2.49. The highest BCUT2D eigenvalue weighted by molar-refractivity contribution is 5.88. The number of alkyl halides is 3. The molecule has 1 N–H and O–H groups in total. The molecule has 2 atom stereocenters. The Morgan fingerprint density at radius 2 is 1.59 bits per heavy atom. The third-order valence-electron chi connectivity index (χ3n) is 6.78. The van der Waals surface area contributed by atoms with E-state index in [0.717, 1.165) is 43.7 Å². The van der Waals surface area contributed by atoms with Crippen molar-refractivity contribution in [1.82, 2.24) is 4.90 Å². The summed E-state index contributed by atoms with van der Waals surface area (Å²) < 4.78 is 38.9. The van der Waals surface area contributed by atoms with Gasteiger partial charge in [0.25, 0.3) is 0 Å². The molecule has 4 rings (SSSR count). The lowest BCUT2D eigenvalue weighted by molar-refractivity contribution is -0.137. The fourth-order valence-corrected chi connectivity index (χ4v) is 4.99. The molecule has 2 aromatic rings. The Hall–Kier alpha value is -2.54. The molecule has 0 aromatic heterocycles. The van der Waals surface area contributed by atoms with Crippen LogP contribution in [-0.2, 0) is 6.18 Å². The highest BCUT2D eigenvalue weighted by atomic mass is 19.4. The van der Waals surface area contributed by atoms with Crippen LogP contribution in [0.25, 0.3) is 0 Å². The van der Waals surface area contributed by atoms with Crippen LogP contribution in [0.1, 0.15) is 59.5 Å². The first-order chi connectivity index (χ1) is 15.3. The van der Waals surface area contributed by atoms with Gasteiger partial charge in [-0.1, -0.05) is 18.6 Å². The van der Waals surface area contributed by atoms with Crippen molar-refractivity contribution in [1.29, 1.82) is 0 Å². The molecular weight excluding hydrogens is 417 g/mol. The predicted octanol–water partition coefficient (Wildman–Crippen LogP) is 5.64. The molecule has 0 aliphatic carbocycles. The van der Waals surface area contributed by atoms with Crippen LogP contribution in [0.4, 0.5) is 18.9 Å².